The lowest BCUT2D eigenvalue weighted by Gasteiger charge is -2.26. The third-order valence-electron chi connectivity index (χ3n) is 4.38. The van der Waals surface area contributed by atoms with Gasteiger partial charge in [0.2, 0.25) is 0 Å². The van der Waals surface area contributed by atoms with E-state index in [4.69, 9.17) is 0 Å². The molecule has 1 aromatic carbocycles. The number of nitrogens with one attached hydrogen (secondary N) is 1. The van der Waals surface area contributed by atoms with Crippen molar-refractivity contribution in [3.05, 3.63) is 29.8 Å². The fraction of sp³-hybridized carbons (Fsp3) is 0.667. The highest BCUT2D eigenvalue weighted by Gasteiger charge is 2.31. The van der Waals surface area contributed by atoms with Crippen molar-refractivity contribution in [3.8, 4) is 0 Å². The Hall–Kier alpha value is -1.06. The fourth-order valence-corrected chi connectivity index (χ4v) is 3.15. The van der Waals surface area contributed by atoms with Gasteiger partial charge in [-0.1, -0.05) is 25.1 Å². The van der Waals surface area contributed by atoms with Gasteiger partial charge in [0, 0.05) is 36.9 Å². The first-order valence-corrected chi connectivity index (χ1v) is 8.02. The van der Waals surface area contributed by atoms with Crippen LogP contribution in [0.3, 0.4) is 0 Å². The molecule has 0 radical (unpaired) electrons. The minimum atomic E-state index is 0.150. The smallest absolute Gasteiger partial charge is 0.0412 e. The quantitative estimate of drug-likeness (QED) is 0.919. The van der Waals surface area contributed by atoms with Crippen LogP contribution in [0, 0.1) is 5.92 Å². The van der Waals surface area contributed by atoms with Gasteiger partial charge in [-0.2, -0.15) is 0 Å². The summed E-state index contributed by atoms with van der Waals surface area (Å²) in [4.78, 5) is 4.91. The van der Waals surface area contributed by atoms with Crippen LogP contribution in [0.25, 0.3) is 0 Å². The Balaban J connectivity index is 2.13. The van der Waals surface area contributed by atoms with E-state index in [2.05, 4.69) is 81.2 Å². The summed E-state index contributed by atoms with van der Waals surface area (Å²) in [6.45, 7) is 12.2. The van der Waals surface area contributed by atoms with E-state index in [0.29, 0.717) is 12.0 Å². The lowest BCUT2D eigenvalue weighted by atomic mass is 10.1. The highest BCUT2D eigenvalue weighted by atomic mass is 15.2. The molecule has 0 spiro atoms. The van der Waals surface area contributed by atoms with Crippen molar-refractivity contribution in [1.29, 1.82) is 0 Å². The first-order chi connectivity index (χ1) is 9.78. The normalized spacial score (nSPS) is 23.1. The zero-order valence-electron chi connectivity index (χ0n) is 14.5. The molecular weight excluding hydrogens is 258 g/mol. The van der Waals surface area contributed by atoms with Gasteiger partial charge in [0.1, 0.15) is 0 Å². The van der Waals surface area contributed by atoms with Crippen molar-refractivity contribution in [2.75, 3.05) is 32.1 Å². The molecule has 1 saturated heterocycles. The average molecular weight is 289 g/mol. The van der Waals surface area contributed by atoms with Gasteiger partial charge in [0.15, 0.2) is 0 Å². The summed E-state index contributed by atoms with van der Waals surface area (Å²) in [6.07, 6.45) is 0. The number of para-hydroxylation sites is 1. The fourth-order valence-electron chi connectivity index (χ4n) is 3.15. The summed E-state index contributed by atoms with van der Waals surface area (Å²) >= 11 is 0. The van der Waals surface area contributed by atoms with Crippen molar-refractivity contribution < 1.29 is 0 Å². The van der Waals surface area contributed by atoms with E-state index in [9.17, 15) is 0 Å². The van der Waals surface area contributed by atoms with E-state index in [-0.39, 0.29) is 5.54 Å². The average Bonchev–Trinajstić information content (AvgIpc) is 2.78. The minimum absolute atomic E-state index is 0.150. The Labute approximate surface area is 130 Å². The van der Waals surface area contributed by atoms with Crippen LogP contribution >= 0.6 is 0 Å². The molecule has 118 valence electrons. The third kappa shape index (κ3) is 4.21. The van der Waals surface area contributed by atoms with Gasteiger partial charge >= 0.3 is 0 Å². The molecule has 2 unspecified atom stereocenters. The van der Waals surface area contributed by atoms with Crippen LogP contribution in [0.4, 0.5) is 5.69 Å². The maximum atomic E-state index is 3.61. The maximum absolute atomic E-state index is 3.61. The van der Waals surface area contributed by atoms with Crippen molar-refractivity contribution >= 4 is 5.69 Å². The molecule has 1 aliphatic heterocycles. The summed E-state index contributed by atoms with van der Waals surface area (Å²) in [7, 11) is 4.38. The van der Waals surface area contributed by atoms with Gasteiger partial charge in [-0.15, -0.1) is 0 Å². The molecule has 1 heterocycles. The van der Waals surface area contributed by atoms with E-state index in [1.165, 1.54) is 11.3 Å². The van der Waals surface area contributed by atoms with Crippen LogP contribution in [0.5, 0.6) is 0 Å². The molecule has 2 atom stereocenters. The predicted molar refractivity (Wildman–Crippen MR) is 91.9 cm³/mol. The number of hydrogen-bond donors (Lipinski definition) is 1. The number of rotatable bonds is 4. The van der Waals surface area contributed by atoms with Gasteiger partial charge < -0.3 is 15.1 Å². The molecule has 0 amide bonds. The van der Waals surface area contributed by atoms with Crippen LogP contribution in [-0.2, 0) is 6.54 Å². The summed E-state index contributed by atoms with van der Waals surface area (Å²) in [5, 5.41) is 3.61. The van der Waals surface area contributed by atoms with Gasteiger partial charge in [-0.3, -0.25) is 0 Å². The molecular formula is C18H31N3. The van der Waals surface area contributed by atoms with Crippen LogP contribution in [0.15, 0.2) is 24.3 Å². The molecule has 1 fully saturated rings. The van der Waals surface area contributed by atoms with E-state index < -0.39 is 0 Å². The lowest BCUT2D eigenvalue weighted by molar-refractivity contribution is 0.266. The van der Waals surface area contributed by atoms with Crippen LogP contribution < -0.4 is 10.2 Å². The highest BCUT2D eigenvalue weighted by molar-refractivity contribution is 5.54. The first-order valence-electron chi connectivity index (χ1n) is 8.02. The molecule has 0 aliphatic carbocycles. The standard InChI is InChI=1S/C18H31N3/c1-14-12-21(13-17(14)20(5)6)16-10-8-7-9-15(16)11-19-18(2,3)4/h7-10,14,17,19H,11-13H2,1-6H3. The monoisotopic (exact) mass is 289 g/mol. The summed E-state index contributed by atoms with van der Waals surface area (Å²) in [6, 6.07) is 9.47. The number of benzene rings is 1. The second-order valence-electron chi connectivity index (χ2n) is 7.65. The first kappa shape index (κ1) is 16.3. The van der Waals surface area contributed by atoms with Gasteiger partial charge in [0.05, 0.1) is 0 Å². The Kier molecular flexibility index (Phi) is 4.95. The van der Waals surface area contributed by atoms with Crippen LogP contribution in [-0.4, -0.2) is 43.7 Å². The second-order valence-corrected chi connectivity index (χ2v) is 7.65. The van der Waals surface area contributed by atoms with Gasteiger partial charge in [0.25, 0.3) is 0 Å². The Morgan fingerprint density at radius 3 is 2.43 bits per heavy atom. The number of hydrogen-bond acceptors (Lipinski definition) is 3. The molecule has 2 rings (SSSR count). The van der Waals surface area contributed by atoms with E-state index >= 15 is 0 Å². The third-order valence-corrected chi connectivity index (χ3v) is 4.38. The van der Waals surface area contributed by atoms with Gasteiger partial charge in [-0.25, -0.2) is 0 Å². The number of anilines is 1. The van der Waals surface area contributed by atoms with Crippen molar-refractivity contribution in [3.63, 3.8) is 0 Å². The summed E-state index contributed by atoms with van der Waals surface area (Å²) in [5.41, 5.74) is 2.95. The van der Waals surface area contributed by atoms with E-state index in [1.807, 2.05) is 0 Å². The number of nitrogens with zero attached hydrogens (tertiary/aromatic N) is 2. The zero-order valence-corrected chi connectivity index (χ0v) is 14.5. The lowest BCUT2D eigenvalue weighted by Crippen LogP contribution is -2.36. The molecule has 1 N–H and O–H groups in total. The maximum Gasteiger partial charge on any atom is 0.0412 e. The Bertz CT molecular complexity index is 462. The topological polar surface area (TPSA) is 18.5 Å². The van der Waals surface area contributed by atoms with E-state index in [1.54, 1.807) is 0 Å². The zero-order chi connectivity index (χ0) is 15.6. The van der Waals surface area contributed by atoms with Crippen molar-refractivity contribution in [2.24, 2.45) is 5.92 Å². The summed E-state index contributed by atoms with van der Waals surface area (Å²) in [5.74, 6) is 0.712. The Morgan fingerprint density at radius 1 is 1.19 bits per heavy atom. The van der Waals surface area contributed by atoms with Gasteiger partial charge in [-0.05, 0) is 52.4 Å². The second kappa shape index (κ2) is 6.37. The van der Waals surface area contributed by atoms with Crippen LogP contribution in [0.2, 0.25) is 0 Å². The molecule has 1 aromatic rings. The number of likely N-dealkylation sites (N-methyl/N-ethyl adjacent to an activating group) is 1. The highest BCUT2D eigenvalue weighted by Crippen LogP contribution is 2.29. The van der Waals surface area contributed by atoms with E-state index in [0.717, 1.165) is 19.6 Å². The molecule has 21 heavy (non-hydrogen) atoms. The van der Waals surface area contributed by atoms with Crippen LogP contribution in [0.1, 0.15) is 33.3 Å². The molecule has 3 heteroatoms. The minimum Gasteiger partial charge on any atom is -0.369 e. The SMILES string of the molecule is CC1CN(c2ccccc2CNC(C)(C)C)CC1N(C)C. The molecule has 1 aliphatic rings. The molecule has 0 aromatic heterocycles. The van der Waals surface area contributed by atoms with Crippen molar-refractivity contribution in [1.82, 2.24) is 10.2 Å². The molecule has 3 nitrogen and oxygen atoms in total. The largest absolute Gasteiger partial charge is 0.369 e. The molecule has 0 bridgehead atoms. The molecule has 0 saturated carbocycles. The Morgan fingerprint density at radius 2 is 1.86 bits per heavy atom. The summed E-state index contributed by atoms with van der Waals surface area (Å²) < 4.78 is 0. The predicted octanol–water partition coefficient (Wildman–Crippen LogP) is 2.96. The van der Waals surface area contributed by atoms with Crippen molar-refractivity contribution in [2.45, 2.75) is 45.8 Å².